The average molecular weight is 409 g/mol. The smallest absolute Gasteiger partial charge is 0.305 e. The summed E-state index contributed by atoms with van der Waals surface area (Å²) in [6, 6.07) is 7.45. The second-order valence-corrected chi connectivity index (χ2v) is 7.91. The number of methoxy groups -OCH3 is 1. The summed E-state index contributed by atoms with van der Waals surface area (Å²) >= 11 is 6.59. The number of thiocarbonyl (C=S) groups is 1. The molecule has 6 nitrogen and oxygen atoms in total. The molecule has 0 saturated carbocycles. The van der Waals surface area contributed by atoms with Crippen molar-refractivity contribution < 1.29 is 19.1 Å². The molecule has 0 aromatic heterocycles. The second-order valence-electron chi connectivity index (χ2n) is 6.23. The molecule has 0 radical (unpaired) electrons. The van der Waals surface area contributed by atoms with E-state index in [2.05, 4.69) is 0 Å². The van der Waals surface area contributed by atoms with Gasteiger partial charge in [-0.3, -0.25) is 14.5 Å². The monoisotopic (exact) mass is 408 g/mol. The third kappa shape index (κ3) is 6.64. The van der Waals surface area contributed by atoms with Crippen molar-refractivity contribution in [3.05, 3.63) is 34.7 Å². The summed E-state index contributed by atoms with van der Waals surface area (Å²) in [7, 11) is 5.45. The predicted octanol–water partition coefficient (Wildman–Crippen LogP) is 2.78. The van der Waals surface area contributed by atoms with Gasteiger partial charge in [-0.1, -0.05) is 36.1 Å². The van der Waals surface area contributed by atoms with Crippen LogP contribution in [0.1, 0.15) is 18.4 Å². The zero-order chi connectivity index (χ0) is 19.8. The molecule has 0 aliphatic carbocycles. The van der Waals surface area contributed by atoms with Gasteiger partial charge in [0, 0.05) is 19.5 Å². The van der Waals surface area contributed by atoms with Crippen LogP contribution in [0.3, 0.4) is 0 Å². The van der Waals surface area contributed by atoms with Crippen molar-refractivity contribution >= 4 is 46.3 Å². The van der Waals surface area contributed by atoms with Gasteiger partial charge in [0.2, 0.25) is 0 Å². The van der Waals surface area contributed by atoms with Crippen molar-refractivity contribution in [3.8, 4) is 5.75 Å². The normalized spacial score (nSPS) is 15.7. The van der Waals surface area contributed by atoms with Crippen molar-refractivity contribution in [1.29, 1.82) is 0 Å². The fourth-order valence-corrected chi connectivity index (χ4v) is 3.65. The second kappa shape index (κ2) is 10.4. The molecule has 1 heterocycles. The Hall–Kier alpha value is -1.90. The maximum Gasteiger partial charge on any atom is 0.305 e. The number of thioether (sulfide) groups is 1. The molecule has 1 aromatic carbocycles. The SMILES string of the molecule is COc1ccc(/C=C2\SC(=S)N(CCCC(=O)OCCN(C)C)C2=O)cc1. The molecule has 1 aliphatic heterocycles. The first-order valence-electron chi connectivity index (χ1n) is 8.60. The first kappa shape index (κ1) is 21.4. The lowest BCUT2D eigenvalue weighted by molar-refractivity contribution is -0.144. The Labute approximate surface area is 169 Å². The van der Waals surface area contributed by atoms with Crippen LogP contribution in [-0.4, -0.2) is 66.9 Å². The van der Waals surface area contributed by atoms with E-state index in [0.717, 1.165) is 11.3 Å². The maximum absolute atomic E-state index is 12.6. The number of carbonyl (C=O) groups is 2. The van der Waals surface area contributed by atoms with Crippen LogP contribution in [0.2, 0.25) is 0 Å². The molecule has 0 bridgehead atoms. The molecule has 8 heteroatoms. The van der Waals surface area contributed by atoms with E-state index in [0.29, 0.717) is 35.3 Å². The van der Waals surface area contributed by atoms with Crippen molar-refractivity contribution in [3.63, 3.8) is 0 Å². The summed E-state index contributed by atoms with van der Waals surface area (Å²) in [5.41, 5.74) is 0.903. The fraction of sp³-hybridized carbons (Fsp3) is 0.421. The number of rotatable bonds is 9. The lowest BCUT2D eigenvalue weighted by Gasteiger charge is -2.14. The average Bonchev–Trinajstić information content (AvgIpc) is 2.89. The fourth-order valence-electron chi connectivity index (χ4n) is 2.34. The molecule has 1 amide bonds. The molecule has 1 aliphatic rings. The van der Waals surface area contributed by atoms with Crippen LogP contribution in [0.25, 0.3) is 6.08 Å². The van der Waals surface area contributed by atoms with Crippen molar-refractivity contribution in [2.24, 2.45) is 0 Å². The minimum Gasteiger partial charge on any atom is -0.497 e. The molecule has 0 unspecified atom stereocenters. The number of hydrogen-bond donors (Lipinski definition) is 0. The Morgan fingerprint density at radius 2 is 2.00 bits per heavy atom. The lowest BCUT2D eigenvalue weighted by Crippen LogP contribution is -2.29. The highest BCUT2D eigenvalue weighted by Gasteiger charge is 2.31. The van der Waals surface area contributed by atoms with Crippen molar-refractivity contribution in [2.45, 2.75) is 12.8 Å². The molecule has 1 fully saturated rings. The van der Waals surface area contributed by atoms with Gasteiger partial charge in [0.05, 0.1) is 12.0 Å². The Bertz CT molecular complexity index is 717. The molecule has 0 atom stereocenters. The van der Waals surface area contributed by atoms with Crippen molar-refractivity contribution in [2.75, 3.05) is 40.9 Å². The molecular weight excluding hydrogens is 384 g/mol. The zero-order valence-corrected chi connectivity index (χ0v) is 17.4. The van der Waals surface area contributed by atoms with Crippen LogP contribution in [-0.2, 0) is 14.3 Å². The third-order valence-electron chi connectivity index (χ3n) is 3.85. The molecule has 27 heavy (non-hydrogen) atoms. The zero-order valence-electron chi connectivity index (χ0n) is 15.8. The standard InChI is InChI=1S/C19H24N2O4S2/c1-20(2)11-12-25-17(22)5-4-10-21-18(23)16(27-19(21)26)13-14-6-8-15(24-3)9-7-14/h6-9,13H,4-5,10-12H2,1-3H3/b16-13-. The molecule has 1 saturated heterocycles. The number of likely N-dealkylation sites (N-methyl/N-ethyl adjacent to an activating group) is 1. The van der Waals surface area contributed by atoms with Gasteiger partial charge in [0.1, 0.15) is 16.7 Å². The Morgan fingerprint density at radius 1 is 1.30 bits per heavy atom. The maximum atomic E-state index is 12.6. The van der Waals surface area contributed by atoms with Gasteiger partial charge in [-0.2, -0.15) is 0 Å². The van der Waals surface area contributed by atoms with Crippen LogP contribution in [0.5, 0.6) is 5.75 Å². The summed E-state index contributed by atoms with van der Waals surface area (Å²) in [5, 5.41) is 0. The molecule has 1 aromatic rings. The summed E-state index contributed by atoms with van der Waals surface area (Å²) in [4.78, 5) is 28.4. The van der Waals surface area contributed by atoms with E-state index < -0.39 is 0 Å². The minimum atomic E-state index is -0.254. The Balaban J connectivity index is 1.84. The van der Waals surface area contributed by atoms with E-state index >= 15 is 0 Å². The highest BCUT2D eigenvalue weighted by Crippen LogP contribution is 2.32. The van der Waals surface area contributed by atoms with Gasteiger partial charge in [-0.25, -0.2) is 0 Å². The van der Waals surface area contributed by atoms with Crippen LogP contribution >= 0.6 is 24.0 Å². The largest absolute Gasteiger partial charge is 0.497 e. The molecular formula is C19H24N2O4S2. The summed E-state index contributed by atoms with van der Waals surface area (Å²) in [6.07, 6.45) is 2.60. The summed E-state index contributed by atoms with van der Waals surface area (Å²) in [6.45, 7) is 1.47. The Kier molecular flexibility index (Phi) is 8.27. The van der Waals surface area contributed by atoms with Gasteiger partial charge >= 0.3 is 5.97 Å². The van der Waals surface area contributed by atoms with E-state index in [1.165, 1.54) is 11.8 Å². The van der Waals surface area contributed by atoms with E-state index in [-0.39, 0.29) is 18.3 Å². The number of carbonyl (C=O) groups excluding carboxylic acids is 2. The first-order chi connectivity index (χ1) is 12.9. The van der Waals surface area contributed by atoms with Crippen molar-refractivity contribution in [1.82, 2.24) is 9.80 Å². The number of nitrogens with zero attached hydrogens (tertiary/aromatic N) is 2. The first-order valence-corrected chi connectivity index (χ1v) is 9.83. The highest BCUT2D eigenvalue weighted by atomic mass is 32.2. The van der Waals surface area contributed by atoms with E-state index in [9.17, 15) is 9.59 Å². The molecule has 2 rings (SSSR count). The van der Waals surface area contributed by atoms with E-state index in [4.69, 9.17) is 21.7 Å². The highest BCUT2D eigenvalue weighted by molar-refractivity contribution is 8.26. The number of esters is 1. The topological polar surface area (TPSA) is 59.1 Å². The third-order valence-corrected chi connectivity index (χ3v) is 5.23. The Morgan fingerprint density at radius 3 is 2.63 bits per heavy atom. The van der Waals surface area contributed by atoms with Gasteiger partial charge < -0.3 is 14.4 Å². The van der Waals surface area contributed by atoms with Gasteiger partial charge in [-0.05, 0) is 44.3 Å². The van der Waals surface area contributed by atoms with Gasteiger partial charge in [0.25, 0.3) is 5.91 Å². The number of ether oxygens (including phenoxy) is 2. The van der Waals surface area contributed by atoms with Gasteiger partial charge in [-0.15, -0.1) is 0 Å². The number of hydrogen-bond acceptors (Lipinski definition) is 7. The van der Waals surface area contributed by atoms with Crippen LogP contribution in [0.4, 0.5) is 0 Å². The summed E-state index contributed by atoms with van der Waals surface area (Å²) < 4.78 is 10.8. The van der Waals surface area contributed by atoms with E-state index in [1.807, 2.05) is 49.3 Å². The van der Waals surface area contributed by atoms with E-state index in [1.54, 1.807) is 12.0 Å². The predicted molar refractivity (Wildman–Crippen MR) is 112 cm³/mol. The number of amides is 1. The number of benzene rings is 1. The molecule has 0 spiro atoms. The summed E-state index contributed by atoms with van der Waals surface area (Å²) in [5.74, 6) is 0.384. The van der Waals surface area contributed by atoms with Crippen LogP contribution in [0.15, 0.2) is 29.2 Å². The van der Waals surface area contributed by atoms with Crippen LogP contribution < -0.4 is 4.74 Å². The molecule has 0 N–H and O–H groups in total. The lowest BCUT2D eigenvalue weighted by atomic mass is 10.2. The van der Waals surface area contributed by atoms with Gasteiger partial charge in [0.15, 0.2) is 0 Å². The quantitative estimate of drug-likeness (QED) is 0.354. The molecule has 146 valence electrons. The van der Waals surface area contributed by atoms with Crippen LogP contribution in [0, 0.1) is 0 Å². The minimum absolute atomic E-state index is 0.123.